The first kappa shape index (κ1) is 11.7. The molecule has 1 atom stereocenters. The van der Waals surface area contributed by atoms with Crippen molar-refractivity contribution in [1.82, 2.24) is 4.72 Å². The molecule has 0 bridgehead atoms. The van der Waals surface area contributed by atoms with Crippen molar-refractivity contribution in [1.29, 1.82) is 0 Å². The minimum Gasteiger partial charge on any atom is -0.480 e. The molecule has 0 aliphatic rings. The highest BCUT2D eigenvalue weighted by Crippen LogP contribution is 2.13. The van der Waals surface area contributed by atoms with Gasteiger partial charge in [0.1, 0.15) is 5.76 Å². The van der Waals surface area contributed by atoms with E-state index in [9.17, 15) is 13.2 Å². The van der Waals surface area contributed by atoms with E-state index in [1.54, 1.807) is 19.1 Å². The second-order valence-corrected chi connectivity index (χ2v) is 4.76. The molecule has 0 saturated heterocycles. The van der Waals surface area contributed by atoms with Gasteiger partial charge in [0.2, 0.25) is 10.0 Å². The quantitative estimate of drug-likeness (QED) is 0.764. The molecule has 84 valence electrons. The lowest BCUT2D eigenvalue weighted by molar-refractivity contribution is -0.134. The number of sulfonamides is 1. The maximum absolute atomic E-state index is 11.2. The number of carboxylic acid groups (broad SMARTS) is 1. The molecule has 6 nitrogen and oxygen atoms in total. The van der Waals surface area contributed by atoms with Gasteiger partial charge in [-0.15, -0.1) is 0 Å². The SMILES string of the molecule is C[C@@H](NS(=O)(=O)CC(=O)O)c1ccco1. The topological polar surface area (TPSA) is 96.6 Å². The van der Waals surface area contributed by atoms with E-state index in [0.29, 0.717) is 5.76 Å². The number of furan rings is 1. The Morgan fingerprint density at radius 2 is 2.33 bits per heavy atom. The third-order valence-corrected chi connectivity index (χ3v) is 2.98. The van der Waals surface area contributed by atoms with Gasteiger partial charge in [-0.2, -0.15) is 0 Å². The summed E-state index contributed by atoms with van der Waals surface area (Å²) < 4.78 is 29.6. The van der Waals surface area contributed by atoms with Gasteiger partial charge in [-0.05, 0) is 19.1 Å². The van der Waals surface area contributed by atoms with E-state index in [1.807, 2.05) is 0 Å². The van der Waals surface area contributed by atoms with Crippen LogP contribution in [0.4, 0.5) is 0 Å². The van der Waals surface area contributed by atoms with Crippen LogP contribution in [0.15, 0.2) is 22.8 Å². The molecule has 0 saturated carbocycles. The van der Waals surface area contributed by atoms with E-state index in [2.05, 4.69) is 4.72 Å². The van der Waals surface area contributed by atoms with E-state index in [4.69, 9.17) is 9.52 Å². The van der Waals surface area contributed by atoms with Gasteiger partial charge in [-0.1, -0.05) is 0 Å². The highest BCUT2D eigenvalue weighted by molar-refractivity contribution is 7.90. The third-order valence-electron chi connectivity index (χ3n) is 1.64. The summed E-state index contributed by atoms with van der Waals surface area (Å²) in [4.78, 5) is 10.2. The van der Waals surface area contributed by atoms with E-state index >= 15 is 0 Å². The molecule has 1 aromatic rings. The molecular weight excluding hydrogens is 222 g/mol. The smallest absolute Gasteiger partial charge is 0.320 e. The van der Waals surface area contributed by atoms with Gasteiger partial charge in [-0.25, -0.2) is 13.1 Å². The van der Waals surface area contributed by atoms with Gasteiger partial charge < -0.3 is 9.52 Å². The van der Waals surface area contributed by atoms with Crippen molar-refractivity contribution >= 4 is 16.0 Å². The van der Waals surface area contributed by atoms with Crippen LogP contribution in [0.3, 0.4) is 0 Å². The summed E-state index contributed by atoms with van der Waals surface area (Å²) >= 11 is 0. The Labute approximate surface area is 87.0 Å². The van der Waals surface area contributed by atoms with Crippen LogP contribution >= 0.6 is 0 Å². The molecular formula is C8H11NO5S. The molecule has 1 rings (SSSR count). The molecule has 1 heterocycles. The Balaban J connectivity index is 2.66. The predicted octanol–water partition coefficient (Wildman–Crippen LogP) is 0.345. The Morgan fingerprint density at radius 3 is 2.80 bits per heavy atom. The molecule has 0 amide bonds. The van der Waals surface area contributed by atoms with Crippen LogP contribution in [0.5, 0.6) is 0 Å². The van der Waals surface area contributed by atoms with Gasteiger partial charge in [0.25, 0.3) is 0 Å². The summed E-state index contributed by atoms with van der Waals surface area (Å²) in [5.41, 5.74) is 0. The van der Waals surface area contributed by atoms with Gasteiger partial charge in [0.15, 0.2) is 5.75 Å². The summed E-state index contributed by atoms with van der Waals surface area (Å²) in [5, 5.41) is 8.35. The van der Waals surface area contributed by atoms with Crippen LogP contribution in [-0.2, 0) is 14.8 Å². The molecule has 2 N–H and O–H groups in total. The molecule has 15 heavy (non-hydrogen) atoms. The lowest BCUT2D eigenvalue weighted by Crippen LogP contribution is -2.31. The van der Waals surface area contributed by atoms with E-state index in [0.717, 1.165) is 0 Å². The average molecular weight is 233 g/mol. The Kier molecular flexibility index (Phi) is 3.48. The van der Waals surface area contributed by atoms with Crippen molar-refractivity contribution in [2.24, 2.45) is 0 Å². The summed E-state index contributed by atoms with van der Waals surface area (Å²) in [5.74, 6) is -1.91. The number of hydrogen-bond acceptors (Lipinski definition) is 4. The van der Waals surface area contributed by atoms with Crippen molar-refractivity contribution < 1.29 is 22.7 Å². The molecule has 0 aromatic carbocycles. The van der Waals surface area contributed by atoms with Crippen LogP contribution < -0.4 is 4.72 Å². The summed E-state index contributed by atoms with van der Waals surface area (Å²) in [6.45, 7) is 1.57. The highest BCUT2D eigenvalue weighted by atomic mass is 32.2. The Morgan fingerprint density at radius 1 is 1.67 bits per heavy atom. The molecule has 0 unspecified atom stereocenters. The number of rotatable bonds is 5. The fourth-order valence-corrected chi connectivity index (χ4v) is 2.13. The molecule has 7 heteroatoms. The fourth-order valence-electron chi connectivity index (χ4n) is 1.07. The lowest BCUT2D eigenvalue weighted by Gasteiger charge is -2.10. The first-order valence-electron chi connectivity index (χ1n) is 4.16. The standard InChI is InChI=1S/C8H11NO5S/c1-6(7-3-2-4-14-7)9-15(12,13)5-8(10)11/h2-4,6,9H,5H2,1H3,(H,10,11)/t6-/m1/s1. The number of carboxylic acids is 1. The van der Waals surface area contributed by atoms with E-state index < -0.39 is 27.8 Å². The van der Waals surface area contributed by atoms with Crippen molar-refractivity contribution in [2.45, 2.75) is 13.0 Å². The van der Waals surface area contributed by atoms with Gasteiger partial charge in [0.05, 0.1) is 12.3 Å². The second kappa shape index (κ2) is 4.45. The van der Waals surface area contributed by atoms with Crippen LogP contribution in [0, 0.1) is 0 Å². The Hall–Kier alpha value is -1.34. The second-order valence-electron chi connectivity index (χ2n) is 3.01. The number of hydrogen-bond donors (Lipinski definition) is 2. The summed E-state index contributed by atoms with van der Waals surface area (Å²) in [7, 11) is -3.82. The van der Waals surface area contributed by atoms with Crippen molar-refractivity contribution in [3.63, 3.8) is 0 Å². The van der Waals surface area contributed by atoms with Crippen molar-refractivity contribution in [3.8, 4) is 0 Å². The first-order valence-corrected chi connectivity index (χ1v) is 5.81. The average Bonchev–Trinajstić information content (AvgIpc) is 2.50. The molecule has 0 spiro atoms. The summed E-state index contributed by atoms with van der Waals surface area (Å²) in [6.07, 6.45) is 1.41. The van der Waals surface area contributed by atoms with Gasteiger partial charge >= 0.3 is 5.97 Å². The van der Waals surface area contributed by atoms with Crippen molar-refractivity contribution in [3.05, 3.63) is 24.2 Å². The maximum Gasteiger partial charge on any atom is 0.320 e. The fraction of sp³-hybridized carbons (Fsp3) is 0.375. The van der Waals surface area contributed by atoms with E-state index in [-0.39, 0.29) is 0 Å². The van der Waals surface area contributed by atoms with Crippen LogP contribution in [0.1, 0.15) is 18.7 Å². The zero-order chi connectivity index (χ0) is 11.5. The summed E-state index contributed by atoms with van der Waals surface area (Å²) in [6, 6.07) is 2.65. The van der Waals surface area contributed by atoms with Crippen LogP contribution in [-0.4, -0.2) is 25.2 Å². The Bertz CT molecular complexity index is 422. The largest absolute Gasteiger partial charge is 0.480 e. The number of nitrogens with one attached hydrogen (secondary N) is 1. The first-order chi connectivity index (χ1) is 6.91. The van der Waals surface area contributed by atoms with Crippen LogP contribution in [0.25, 0.3) is 0 Å². The normalized spacial score (nSPS) is 13.7. The molecule has 0 fully saturated rings. The number of aliphatic carboxylic acids is 1. The molecule has 1 aromatic heterocycles. The maximum atomic E-state index is 11.2. The van der Waals surface area contributed by atoms with Gasteiger partial charge in [0, 0.05) is 0 Å². The van der Waals surface area contributed by atoms with Crippen LogP contribution in [0.2, 0.25) is 0 Å². The zero-order valence-corrected chi connectivity index (χ0v) is 8.82. The zero-order valence-electron chi connectivity index (χ0n) is 8.00. The third kappa shape index (κ3) is 3.72. The minimum atomic E-state index is -3.82. The predicted molar refractivity (Wildman–Crippen MR) is 51.7 cm³/mol. The molecule has 0 aliphatic carbocycles. The highest BCUT2D eigenvalue weighted by Gasteiger charge is 2.20. The monoisotopic (exact) mass is 233 g/mol. The molecule has 0 aliphatic heterocycles. The minimum absolute atomic E-state index is 0.434. The van der Waals surface area contributed by atoms with Crippen molar-refractivity contribution in [2.75, 3.05) is 5.75 Å². The molecule has 0 radical (unpaired) electrons. The number of carbonyl (C=O) groups is 1. The lowest BCUT2D eigenvalue weighted by atomic mass is 10.3. The van der Waals surface area contributed by atoms with Gasteiger partial charge in [-0.3, -0.25) is 4.79 Å². The van der Waals surface area contributed by atoms with E-state index in [1.165, 1.54) is 6.26 Å².